The molecule has 0 bridgehead atoms. The van der Waals surface area contributed by atoms with E-state index in [4.69, 9.17) is 11.6 Å². The molecule has 0 atom stereocenters. The van der Waals surface area contributed by atoms with Crippen molar-refractivity contribution in [3.05, 3.63) is 46.6 Å². The fourth-order valence-electron chi connectivity index (χ4n) is 2.60. The number of carbonyl (C=O) groups is 1. The topological polar surface area (TPSA) is 57.8 Å². The summed E-state index contributed by atoms with van der Waals surface area (Å²) in [4.78, 5) is 12.6. The average molecular weight is 318 g/mol. The van der Waals surface area contributed by atoms with Gasteiger partial charge in [-0.3, -0.25) is 9.89 Å². The molecule has 1 aromatic heterocycles. The number of rotatable bonds is 4. The minimum absolute atomic E-state index is 0.0820. The first-order chi connectivity index (χ1) is 10.5. The molecule has 3 rings (SSSR count). The predicted molar refractivity (Wildman–Crippen MR) is 88.3 cm³/mol. The molecule has 0 aliphatic heterocycles. The zero-order chi connectivity index (χ0) is 15.7. The van der Waals surface area contributed by atoms with Crippen molar-refractivity contribution < 1.29 is 4.79 Å². The number of H-pyrrole nitrogens is 1. The average Bonchev–Trinajstić information content (AvgIpc) is 2.85. The molecular formula is C17H20ClN3O. The standard InChI is InChI=1S/C17H20ClN3O/c1-17(2,12-6-8-13(18)9-7-12)16(22)19-15-10-14(20-21-15)11-4-3-5-11/h6-11H,3-5H2,1-2H3,(H2,19,20,21,22). The Bertz CT molecular complexity index is 671. The number of benzene rings is 1. The summed E-state index contributed by atoms with van der Waals surface area (Å²) in [7, 11) is 0. The van der Waals surface area contributed by atoms with Crippen molar-refractivity contribution in [3.8, 4) is 0 Å². The van der Waals surface area contributed by atoms with Crippen molar-refractivity contribution in [3.63, 3.8) is 0 Å². The highest BCUT2D eigenvalue weighted by atomic mass is 35.5. The van der Waals surface area contributed by atoms with Crippen LogP contribution in [0, 0.1) is 0 Å². The molecular weight excluding hydrogens is 298 g/mol. The first kappa shape index (κ1) is 15.1. The van der Waals surface area contributed by atoms with E-state index in [1.807, 2.05) is 32.0 Å². The zero-order valence-electron chi connectivity index (χ0n) is 12.8. The van der Waals surface area contributed by atoms with Crippen molar-refractivity contribution in [2.24, 2.45) is 0 Å². The molecule has 0 saturated heterocycles. The van der Waals surface area contributed by atoms with Crippen molar-refractivity contribution in [1.29, 1.82) is 0 Å². The summed E-state index contributed by atoms with van der Waals surface area (Å²) >= 11 is 5.91. The minimum Gasteiger partial charge on any atom is -0.308 e. The Morgan fingerprint density at radius 1 is 1.32 bits per heavy atom. The smallest absolute Gasteiger partial charge is 0.235 e. The number of halogens is 1. The van der Waals surface area contributed by atoms with Crippen molar-refractivity contribution in [1.82, 2.24) is 10.2 Å². The van der Waals surface area contributed by atoms with E-state index >= 15 is 0 Å². The van der Waals surface area contributed by atoms with Gasteiger partial charge < -0.3 is 5.32 Å². The highest BCUT2D eigenvalue weighted by Crippen LogP contribution is 2.36. The Morgan fingerprint density at radius 2 is 2.00 bits per heavy atom. The largest absolute Gasteiger partial charge is 0.308 e. The molecule has 22 heavy (non-hydrogen) atoms. The molecule has 1 heterocycles. The maximum absolute atomic E-state index is 12.6. The fourth-order valence-corrected chi connectivity index (χ4v) is 2.73. The lowest BCUT2D eigenvalue weighted by atomic mass is 9.83. The molecule has 0 spiro atoms. The van der Waals surface area contributed by atoms with Crippen molar-refractivity contribution in [2.45, 2.75) is 44.4 Å². The number of hydrogen-bond donors (Lipinski definition) is 2. The zero-order valence-corrected chi connectivity index (χ0v) is 13.6. The molecule has 5 heteroatoms. The van der Waals surface area contributed by atoms with Gasteiger partial charge in [-0.2, -0.15) is 5.10 Å². The number of nitrogens with zero attached hydrogens (tertiary/aromatic N) is 1. The second-order valence-corrected chi connectivity index (χ2v) is 6.86. The third kappa shape index (κ3) is 2.88. The number of hydrogen-bond acceptors (Lipinski definition) is 2. The maximum Gasteiger partial charge on any atom is 0.235 e. The van der Waals surface area contributed by atoms with Crippen LogP contribution in [-0.4, -0.2) is 16.1 Å². The SMILES string of the molecule is CC(C)(C(=O)Nc1cc(C2CCC2)[nH]n1)c1ccc(Cl)cc1. The number of nitrogens with one attached hydrogen (secondary N) is 2. The maximum atomic E-state index is 12.6. The summed E-state index contributed by atoms with van der Waals surface area (Å²) in [6, 6.07) is 9.31. The van der Waals surface area contributed by atoms with Gasteiger partial charge in [0.25, 0.3) is 0 Å². The quantitative estimate of drug-likeness (QED) is 0.885. The summed E-state index contributed by atoms with van der Waals surface area (Å²) in [5.74, 6) is 1.08. The van der Waals surface area contributed by atoms with E-state index in [1.54, 1.807) is 12.1 Å². The Balaban J connectivity index is 1.72. The molecule has 1 fully saturated rings. The van der Waals surface area contributed by atoms with Crippen molar-refractivity contribution >= 4 is 23.3 Å². The number of aromatic amines is 1. The Labute approximate surface area is 135 Å². The van der Waals surface area contributed by atoms with Crippen molar-refractivity contribution in [2.75, 3.05) is 5.32 Å². The molecule has 1 saturated carbocycles. The number of aromatic nitrogens is 2. The lowest BCUT2D eigenvalue weighted by Crippen LogP contribution is -2.34. The molecule has 1 aromatic carbocycles. The van der Waals surface area contributed by atoms with Crippen LogP contribution in [0.5, 0.6) is 0 Å². The second kappa shape index (κ2) is 5.76. The molecule has 116 valence electrons. The van der Waals surface area contributed by atoms with Gasteiger partial charge in [0, 0.05) is 22.7 Å². The van der Waals surface area contributed by atoms with Gasteiger partial charge in [0.15, 0.2) is 5.82 Å². The molecule has 1 aliphatic carbocycles. The third-order valence-electron chi connectivity index (χ3n) is 4.52. The summed E-state index contributed by atoms with van der Waals surface area (Å²) in [5.41, 5.74) is 1.38. The van der Waals surface area contributed by atoms with Gasteiger partial charge in [-0.15, -0.1) is 0 Å². The summed E-state index contributed by atoms with van der Waals surface area (Å²) in [5, 5.41) is 10.8. The lowest BCUT2D eigenvalue weighted by molar-refractivity contribution is -0.120. The van der Waals surface area contributed by atoms with Crippen LogP contribution in [-0.2, 0) is 10.2 Å². The number of anilines is 1. The normalized spacial score (nSPS) is 15.4. The van der Waals surface area contributed by atoms with Crippen LogP contribution in [0.25, 0.3) is 0 Å². The molecule has 1 amide bonds. The van der Waals surface area contributed by atoms with Gasteiger partial charge in [-0.05, 0) is 44.4 Å². The van der Waals surface area contributed by atoms with Gasteiger partial charge >= 0.3 is 0 Å². The number of amides is 1. The fraction of sp³-hybridized carbons (Fsp3) is 0.412. The highest BCUT2D eigenvalue weighted by Gasteiger charge is 2.30. The predicted octanol–water partition coefficient (Wildman–Crippen LogP) is 4.25. The van der Waals surface area contributed by atoms with Gasteiger partial charge in [0.1, 0.15) is 0 Å². The van der Waals surface area contributed by atoms with Crippen LogP contribution in [0.2, 0.25) is 5.02 Å². The molecule has 2 aromatic rings. The van der Waals surface area contributed by atoms with E-state index in [2.05, 4.69) is 15.5 Å². The summed E-state index contributed by atoms with van der Waals surface area (Å²) in [6.45, 7) is 3.79. The Kier molecular flexibility index (Phi) is 3.96. The lowest BCUT2D eigenvalue weighted by Gasteiger charge is -2.24. The molecule has 0 radical (unpaired) electrons. The van der Waals surface area contributed by atoms with Crippen LogP contribution < -0.4 is 5.32 Å². The van der Waals surface area contributed by atoms with Gasteiger partial charge in [0.05, 0.1) is 5.41 Å². The van der Waals surface area contributed by atoms with Crippen LogP contribution >= 0.6 is 11.6 Å². The first-order valence-electron chi connectivity index (χ1n) is 7.59. The van der Waals surface area contributed by atoms with Crippen LogP contribution in [0.3, 0.4) is 0 Å². The first-order valence-corrected chi connectivity index (χ1v) is 7.97. The Hall–Kier alpha value is -1.81. The van der Waals surface area contributed by atoms with Crippen LogP contribution in [0.15, 0.2) is 30.3 Å². The molecule has 4 nitrogen and oxygen atoms in total. The monoisotopic (exact) mass is 317 g/mol. The van der Waals surface area contributed by atoms with Gasteiger partial charge in [0.2, 0.25) is 5.91 Å². The third-order valence-corrected chi connectivity index (χ3v) is 4.77. The second-order valence-electron chi connectivity index (χ2n) is 6.42. The molecule has 1 aliphatic rings. The van der Waals surface area contributed by atoms with E-state index in [0.717, 1.165) is 11.3 Å². The minimum atomic E-state index is -0.653. The van der Waals surface area contributed by atoms with Crippen LogP contribution in [0.4, 0.5) is 5.82 Å². The highest BCUT2D eigenvalue weighted by molar-refractivity contribution is 6.30. The van der Waals surface area contributed by atoms with Gasteiger partial charge in [-0.1, -0.05) is 30.2 Å². The van der Waals surface area contributed by atoms with E-state index in [1.165, 1.54) is 19.3 Å². The van der Waals surface area contributed by atoms with E-state index in [-0.39, 0.29) is 5.91 Å². The van der Waals surface area contributed by atoms with E-state index in [9.17, 15) is 4.79 Å². The van der Waals surface area contributed by atoms with Crippen LogP contribution in [0.1, 0.15) is 50.3 Å². The summed E-state index contributed by atoms with van der Waals surface area (Å²) < 4.78 is 0. The number of carbonyl (C=O) groups excluding carboxylic acids is 1. The summed E-state index contributed by atoms with van der Waals surface area (Å²) in [6.07, 6.45) is 3.67. The van der Waals surface area contributed by atoms with E-state index in [0.29, 0.717) is 16.8 Å². The van der Waals surface area contributed by atoms with Gasteiger partial charge in [-0.25, -0.2) is 0 Å². The molecule has 0 unspecified atom stereocenters. The Morgan fingerprint density at radius 3 is 2.59 bits per heavy atom. The van der Waals surface area contributed by atoms with E-state index < -0.39 is 5.41 Å². The molecule has 2 N–H and O–H groups in total.